The van der Waals surface area contributed by atoms with Gasteiger partial charge in [-0.15, -0.1) is 0 Å². The Hall–Kier alpha value is -0.790. The Kier molecular flexibility index (Phi) is 2.10. The Morgan fingerprint density at radius 3 is 2.80 bits per heavy atom. The van der Waals surface area contributed by atoms with Gasteiger partial charge in [0.15, 0.2) is 11.9 Å². The molecule has 0 aromatic heterocycles. The van der Waals surface area contributed by atoms with Crippen LogP contribution in [0, 0.1) is 5.92 Å². The van der Waals surface area contributed by atoms with Crippen LogP contribution in [-0.2, 0) is 9.53 Å². The van der Waals surface area contributed by atoms with Gasteiger partial charge in [-0.1, -0.05) is 13.8 Å². The summed E-state index contributed by atoms with van der Waals surface area (Å²) in [6.07, 6.45) is 3.61. The van der Waals surface area contributed by atoms with Gasteiger partial charge in [0.1, 0.15) is 0 Å². The highest BCUT2D eigenvalue weighted by Crippen LogP contribution is 2.14. The van der Waals surface area contributed by atoms with E-state index in [2.05, 4.69) is 13.8 Å². The van der Waals surface area contributed by atoms with Gasteiger partial charge in [-0.05, 0) is 12.3 Å². The molecule has 1 atom stereocenters. The predicted molar refractivity (Wildman–Crippen MR) is 38.5 cm³/mol. The summed E-state index contributed by atoms with van der Waals surface area (Å²) in [5, 5.41) is 0. The lowest BCUT2D eigenvalue weighted by Gasteiger charge is -2.10. The topological polar surface area (TPSA) is 26.3 Å². The predicted octanol–water partition coefficient (Wildman–Crippen LogP) is 1.51. The lowest BCUT2D eigenvalue weighted by molar-refractivity contribution is -0.120. The minimum Gasteiger partial charge on any atom is -0.490 e. The summed E-state index contributed by atoms with van der Waals surface area (Å²) >= 11 is 0. The van der Waals surface area contributed by atoms with E-state index in [0.29, 0.717) is 5.92 Å². The third-order valence-corrected chi connectivity index (χ3v) is 1.48. The Morgan fingerprint density at radius 2 is 2.40 bits per heavy atom. The van der Waals surface area contributed by atoms with E-state index >= 15 is 0 Å². The molecule has 0 radical (unpaired) electrons. The Balaban J connectivity index is 2.37. The zero-order valence-corrected chi connectivity index (χ0v) is 6.33. The first-order valence-corrected chi connectivity index (χ1v) is 3.56. The van der Waals surface area contributed by atoms with Gasteiger partial charge < -0.3 is 4.74 Å². The van der Waals surface area contributed by atoms with Crippen LogP contribution >= 0.6 is 0 Å². The zero-order valence-electron chi connectivity index (χ0n) is 6.33. The number of carbonyl (C=O) groups is 1. The lowest BCUT2D eigenvalue weighted by Crippen LogP contribution is -2.17. The van der Waals surface area contributed by atoms with Crippen LogP contribution in [0.3, 0.4) is 0 Å². The van der Waals surface area contributed by atoms with Crippen molar-refractivity contribution in [3.63, 3.8) is 0 Å². The normalized spacial score (nSPS) is 23.9. The van der Waals surface area contributed by atoms with Crippen LogP contribution in [0.1, 0.15) is 20.3 Å². The minimum atomic E-state index is -0.194. The first-order chi connectivity index (χ1) is 4.70. The highest BCUT2D eigenvalue weighted by atomic mass is 16.5. The van der Waals surface area contributed by atoms with E-state index in [1.54, 1.807) is 0 Å². The maximum atomic E-state index is 10.9. The molecule has 0 N–H and O–H groups in total. The van der Waals surface area contributed by atoms with Crippen LogP contribution in [-0.4, -0.2) is 11.9 Å². The van der Waals surface area contributed by atoms with Gasteiger partial charge in [0.05, 0.1) is 6.26 Å². The second-order valence-corrected chi connectivity index (χ2v) is 2.96. The molecule has 1 aliphatic rings. The van der Waals surface area contributed by atoms with Gasteiger partial charge >= 0.3 is 0 Å². The monoisotopic (exact) mass is 140 g/mol. The molecule has 0 spiro atoms. The Labute approximate surface area is 60.9 Å². The molecule has 0 fully saturated rings. The van der Waals surface area contributed by atoms with Crippen molar-refractivity contribution < 1.29 is 9.53 Å². The average molecular weight is 140 g/mol. The second kappa shape index (κ2) is 2.86. The van der Waals surface area contributed by atoms with Crippen molar-refractivity contribution in [3.05, 3.63) is 12.3 Å². The molecule has 2 heteroatoms. The molecule has 1 rings (SSSR count). The van der Waals surface area contributed by atoms with Crippen molar-refractivity contribution in [3.8, 4) is 0 Å². The summed E-state index contributed by atoms with van der Waals surface area (Å²) < 4.78 is 5.05. The maximum Gasteiger partial charge on any atom is 0.199 e. The molecule has 1 unspecified atom stereocenters. The molecule has 0 saturated heterocycles. The number of hydrogen-bond acceptors (Lipinski definition) is 2. The van der Waals surface area contributed by atoms with Crippen LogP contribution in [0.25, 0.3) is 0 Å². The summed E-state index contributed by atoms with van der Waals surface area (Å²) in [5.41, 5.74) is 0. The first kappa shape index (κ1) is 7.32. The molecule has 56 valence electrons. The highest BCUT2D eigenvalue weighted by Gasteiger charge is 2.21. The van der Waals surface area contributed by atoms with Crippen LogP contribution in [0.15, 0.2) is 12.3 Å². The summed E-state index contributed by atoms with van der Waals surface area (Å²) in [6, 6.07) is 0. The third kappa shape index (κ3) is 1.59. The summed E-state index contributed by atoms with van der Waals surface area (Å²) in [6.45, 7) is 4.16. The molecule has 0 amide bonds. The van der Waals surface area contributed by atoms with Gasteiger partial charge in [0, 0.05) is 6.08 Å². The fraction of sp³-hybridized carbons (Fsp3) is 0.625. The van der Waals surface area contributed by atoms with Crippen molar-refractivity contribution in [2.45, 2.75) is 26.4 Å². The van der Waals surface area contributed by atoms with Gasteiger partial charge in [0.25, 0.3) is 0 Å². The molecule has 10 heavy (non-hydrogen) atoms. The molecular weight excluding hydrogens is 128 g/mol. The molecule has 1 aliphatic heterocycles. The molecule has 0 saturated carbocycles. The SMILES string of the molecule is CC(C)CC1OC=CC1=O. The van der Waals surface area contributed by atoms with E-state index < -0.39 is 0 Å². The smallest absolute Gasteiger partial charge is 0.199 e. The Morgan fingerprint density at radius 1 is 1.70 bits per heavy atom. The zero-order chi connectivity index (χ0) is 7.56. The van der Waals surface area contributed by atoms with E-state index in [4.69, 9.17) is 4.74 Å². The summed E-state index contributed by atoms with van der Waals surface area (Å²) in [4.78, 5) is 10.9. The van der Waals surface area contributed by atoms with Crippen molar-refractivity contribution in [1.82, 2.24) is 0 Å². The molecule has 1 heterocycles. The standard InChI is InChI=1S/C8H12O2/c1-6(2)5-8-7(9)3-4-10-8/h3-4,6,8H,5H2,1-2H3. The summed E-state index contributed by atoms with van der Waals surface area (Å²) in [7, 11) is 0. The maximum absolute atomic E-state index is 10.9. The van der Waals surface area contributed by atoms with E-state index in [1.807, 2.05) is 0 Å². The van der Waals surface area contributed by atoms with E-state index in [9.17, 15) is 4.79 Å². The lowest BCUT2D eigenvalue weighted by atomic mass is 10.0. The van der Waals surface area contributed by atoms with E-state index in [1.165, 1.54) is 12.3 Å². The quantitative estimate of drug-likeness (QED) is 0.581. The van der Waals surface area contributed by atoms with Crippen molar-refractivity contribution in [1.29, 1.82) is 0 Å². The van der Waals surface area contributed by atoms with Crippen molar-refractivity contribution in [2.24, 2.45) is 5.92 Å². The third-order valence-electron chi connectivity index (χ3n) is 1.48. The number of ketones is 1. The van der Waals surface area contributed by atoms with E-state index in [-0.39, 0.29) is 11.9 Å². The largest absolute Gasteiger partial charge is 0.490 e. The molecule has 2 nitrogen and oxygen atoms in total. The van der Waals surface area contributed by atoms with Gasteiger partial charge in [-0.3, -0.25) is 4.79 Å². The number of ether oxygens (including phenoxy) is 1. The number of carbonyl (C=O) groups excluding carboxylic acids is 1. The number of rotatable bonds is 2. The van der Waals surface area contributed by atoms with Gasteiger partial charge in [-0.2, -0.15) is 0 Å². The molecule has 0 aliphatic carbocycles. The molecular formula is C8H12O2. The Bertz CT molecular complexity index is 159. The molecule has 0 bridgehead atoms. The van der Waals surface area contributed by atoms with Crippen molar-refractivity contribution >= 4 is 5.78 Å². The van der Waals surface area contributed by atoms with Gasteiger partial charge in [0.2, 0.25) is 0 Å². The van der Waals surface area contributed by atoms with Crippen LogP contribution < -0.4 is 0 Å². The molecule has 0 aromatic rings. The molecule has 0 aromatic carbocycles. The minimum absolute atomic E-state index is 0.105. The van der Waals surface area contributed by atoms with E-state index in [0.717, 1.165) is 6.42 Å². The highest BCUT2D eigenvalue weighted by molar-refractivity contribution is 5.94. The number of hydrogen-bond donors (Lipinski definition) is 0. The van der Waals surface area contributed by atoms with Crippen LogP contribution in [0.4, 0.5) is 0 Å². The average Bonchev–Trinajstić information content (AvgIpc) is 2.15. The van der Waals surface area contributed by atoms with Gasteiger partial charge in [-0.25, -0.2) is 0 Å². The fourth-order valence-corrected chi connectivity index (χ4v) is 0.975. The first-order valence-electron chi connectivity index (χ1n) is 3.56. The van der Waals surface area contributed by atoms with Crippen LogP contribution in [0.5, 0.6) is 0 Å². The van der Waals surface area contributed by atoms with Crippen LogP contribution in [0.2, 0.25) is 0 Å². The fourth-order valence-electron chi connectivity index (χ4n) is 0.975. The van der Waals surface area contributed by atoms with Crippen molar-refractivity contribution in [2.75, 3.05) is 0 Å². The second-order valence-electron chi connectivity index (χ2n) is 2.96. The summed E-state index contributed by atoms with van der Waals surface area (Å²) in [5.74, 6) is 0.627.